The second-order valence-corrected chi connectivity index (χ2v) is 6.44. The van der Waals surface area contributed by atoms with Crippen LogP contribution >= 0.6 is 11.8 Å². The molecule has 0 bridgehead atoms. The predicted molar refractivity (Wildman–Crippen MR) is 83.0 cm³/mol. The second-order valence-electron chi connectivity index (χ2n) is 5.21. The van der Waals surface area contributed by atoms with Crippen LogP contribution in [0.4, 0.5) is 5.69 Å². The molecule has 1 fully saturated rings. The number of carbonyl (C=O) groups excluding carboxylic acids is 1. The van der Waals surface area contributed by atoms with Crippen molar-refractivity contribution in [3.05, 3.63) is 28.8 Å². The van der Waals surface area contributed by atoms with E-state index in [1.165, 1.54) is 5.56 Å². The number of rotatable bonds is 3. The molecule has 0 aromatic heterocycles. The molecule has 1 heterocycles. The number of hydrogen-bond donors (Lipinski definition) is 1. The Balaban J connectivity index is 1.98. The number of hydrogen-bond acceptors (Lipinski definition) is 3. The molecule has 0 spiro atoms. The molecule has 1 saturated heterocycles. The molecule has 3 nitrogen and oxygen atoms in total. The third-order valence-corrected chi connectivity index (χ3v) is 4.35. The summed E-state index contributed by atoms with van der Waals surface area (Å²) in [6.45, 7) is 8.72. The number of thioether (sulfide) groups is 1. The van der Waals surface area contributed by atoms with Gasteiger partial charge in [-0.05, 0) is 31.9 Å². The third kappa shape index (κ3) is 3.98. The fourth-order valence-corrected chi connectivity index (χ4v) is 3.50. The molecule has 1 aromatic carbocycles. The van der Waals surface area contributed by atoms with Crippen molar-refractivity contribution in [3.8, 4) is 0 Å². The molecule has 104 valence electrons. The van der Waals surface area contributed by atoms with E-state index in [-0.39, 0.29) is 5.91 Å². The summed E-state index contributed by atoms with van der Waals surface area (Å²) < 4.78 is 0. The van der Waals surface area contributed by atoms with Crippen molar-refractivity contribution in [2.75, 3.05) is 36.5 Å². The van der Waals surface area contributed by atoms with Gasteiger partial charge in [0, 0.05) is 30.3 Å². The molecular formula is C15H22N2OS. The Morgan fingerprint density at radius 3 is 2.37 bits per heavy atom. The van der Waals surface area contributed by atoms with Gasteiger partial charge in [0.1, 0.15) is 0 Å². The minimum absolute atomic E-state index is 0.0990. The van der Waals surface area contributed by atoms with Crippen LogP contribution in [-0.2, 0) is 4.79 Å². The van der Waals surface area contributed by atoms with Crippen molar-refractivity contribution < 1.29 is 4.79 Å². The molecule has 0 radical (unpaired) electrons. The first-order chi connectivity index (χ1) is 9.06. The number of nitrogens with one attached hydrogen (secondary N) is 1. The van der Waals surface area contributed by atoms with E-state index in [1.54, 1.807) is 0 Å². The Labute approximate surface area is 119 Å². The number of aryl methyl sites for hydroxylation is 3. The highest BCUT2D eigenvalue weighted by atomic mass is 32.2. The summed E-state index contributed by atoms with van der Waals surface area (Å²) in [4.78, 5) is 14.3. The van der Waals surface area contributed by atoms with Gasteiger partial charge in [-0.25, -0.2) is 0 Å². The Bertz CT molecular complexity index is 444. The molecule has 1 N–H and O–H groups in total. The third-order valence-electron chi connectivity index (χ3n) is 3.41. The zero-order chi connectivity index (χ0) is 13.8. The molecular weight excluding hydrogens is 256 g/mol. The molecule has 1 aromatic rings. The summed E-state index contributed by atoms with van der Waals surface area (Å²) in [5, 5.41) is 3.07. The standard InChI is InChI=1S/C15H22N2OS/c1-11-8-12(2)15(13(3)9-11)16-14(18)10-17-4-6-19-7-5-17/h8-9H,4-7,10H2,1-3H3,(H,16,18). The first-order valence-corrected chi connectivity index (χ1v) is 7.89. The predicted octanol–water partition coefficient (Wildman–Crippen LogP) is 2.60. The number of benzene rings is 1. The molecule has 2 rings (SSSR count). The summed E-state index contributed by atoms with van der Waals surface area (Å²) in [6, 6.07) is 4.22. The fraction of sp³-hybridized carbons (Fsp3) is 0.533. The van der Waals surface area contributed by atoms with Gasteiger partial charge in [0.2, 0.25) is 5.91 Å². The van der Waals surface area contributed by atoms with Gasteiger partial charge in [-0.2, -0.15) is 11.8 Å². The van der Waals surface area contributed by atoms with Gasteiger partial charge in [-0.3, -0.25) is 9.69 Å². The zero-order valence-electron chi connectivity index (χ0n) is 12.0. The van der Waals surface area contributed by atoms with Gasteiger partial charge < -0.3 is 5.32 Å². The van der Waals surface area contributed by atoms with Crippen LogP contribution in [0.25, 0.3) is 0 Å². The van der Waals surface area contributed by atoms with Crippen LogP contribution in [-0.4, -0.2) is 41.9 Å². The van der Waals surface area contributed by atoms with Gasteiger partial charge >= 0.3 is 0 Å². The highest BCUT2D eigenvalue weighted by Crippen LogP contribution is 2.22. The topological polar surface area (TPSA) is 32.3 Å². The lowest BCUT2D eigenvalue weighted by Gasteiger charge is -2.25. The molecule has 19 heavy (non-hydrogen) atoms. The lowest BCUT2D eigenvalue weighted by molar-refractivity contribution is -0.117. The van der Waals surface area contributed by atoms with Gasteiger partial charge in [-0.1, -0.05) is 17.7 Å². The number of nitrogens with zero attached hydrogens (tertiary/aromatic N) is 1. The van der Waals surface area contributed by atoms with E-state index in [1.807, 2.05) is 25.6 Å². The van der Waals surface area contributed by atoms with Crippen LogP contribution in [0.3, 0.4) is 0 Å². The fourth-order valence-electron chi connectivity index (χ4n) is 2.52. The molecule has 0 atom stereocenters. The molecule has 0 saturated carbocycles. The van der Waals surface area contributed by atoms with Crippen molar-refractivity contribution in [1.29, 1.82) is 0 Å². The minimum atomic E-state index is 0.0990. The summed E-state index contributed by atoms with van der Waals surface area (Å²) in [6.07, 6.45) is 0. The minimum Gasteiger partial charge on any atom is -0.324 e. The lowest BCUT2D eigenvalue weighted by atomic mass is 10.1. The van der Waals surface area contributed by atoms with E-state index in [2.05, 4.69) is 29.3 Å². The monoisotopic (exact) mass is 278 g/mol. The highest BCUT2D eigenvalue weighted by Gasteiger charge is 2.15. The maximum atomic E-state index is 12.1. The molecule has 0 unspecified atom stereocenters. The quantitative estimate of drug-likeness (QED) is 0.922. The van der Waals surface area contributed by atoms with E-state index >= 15 is 0 Å². The normalized spacial score (nSPS) is 16.4. The van der Waals surface area contributed by atoms with Crippen molar-refractivity contribution in [3.63, 3.8) is 0 Å². The molecule has 1 aliphatic heterocycles. The Morgan fingerprint density at radius 2 is 1.79 bits per heavy atom. The van der Waals surface area contributed by atoms with Crippen molar-refractivity contribution in [2.45, 2.75) is 20.8 Å². The van der Waals surface area contributed by atoms with E-state index in [0.717, 1.165) is 41.4 Å². The highest BCUT2D eigenvalue weighted by molar-refractivity contribution is 7.99. The van der Waals surface area contributed by atoms with Gasteiger partial charge in [0.15, 0.2) is 0 Å². The van der Waals surface area contributed by atoms with Crippen molar-refractivity contribution in [1.82, 2.24) is 4.90 Å². The zero-order valence-corrected chi connectivity index (χ0v) is 12.8. The number of carbonyl (C=O) groups is 1. The van der Waals surface area contributed by atoms with Gasteiger partial charge in [0.25, 0.3) is 0 Å². The Kier molecular flexibility index (Phi) is 4.88. The van der Waals surface area contributed by atoms with E-state index in [9.17, 15) is 4.79 Å². The van der Waals surface area contributed by atoms with Crippen molar-refractivity contribution in [2.24, 2.45) is 0 Å². The van der Waals surface area contributed by atoms with Crippen LogP contribution in [0.1, 0.15) is 16.7 Å². The Hall–Kier alpha value is -1.00. The van der Waals surface area contributed by atoms with E-state index in [4.69, 9.17) is 0 Å². The first-order valence-electron chi connectivity index (χ1n) is 6.74. The van der Waals surface area contributed by atoms with E-state index < -0.39 is 0 Å². The molecule has 0 aliphatic carbocycles. The van der Waals surface area contributed by atoms with Crippen LogP contribution in [0.2, 0.25) is 0 Å². The maximum Gasteiger partial charge on any atom is 0.238 e. The maximum absolute atomic E-state index is 12.1. The first kappa shape index (κ1) is 14.4. The summed E-state index contributed by atoms with van der Waals surface area (Å²) in [7, 11) is 0. The van der Waals surface area contributed by atoms with Crippen LogP contribution in [0.15, 0.2) is 12.1 Å². The SMILES string of the molecule is Cc1cc(C)c(NC(=O)CN2CCSCC2)c(C)c1. The Morgan fingerprint density at radius 1 is 1.21 bits per heavy atom. The van der Waals surface area contributed by atoms with E-state index in [0.29, 0.717) is 6.54 Å². The van der Waals surface area contributed by atoms with Gasteiger partial charge in [0.05, 0.1) is 6.54 Å². The van der Waals surface area contributed by atoms with Crippen LogP contribution in [0.5, 0.6) is 0 Å². The summed E-state index contributed by atoms with van der Waals surface area (Å²) in [5.41, 5.74) is 4.49. The second kappa shape index (κ2) is 6.44. The largest absolute Gasteiger partial charge is 0.324 e. The molecule has 4 heteroatoms. The number of amides is 1. The molecule has 1 aliphatic rings. The average Bonchev–Trinajstić information content (AvgIpc) is 2.35. The molecule has 1 amide bonds. The lowest BCUT2D eigenvalue weighted by Crippen LogP contribution is -2.38. The summed E-state index contributed by atoms with van der Waals surface area (Å²) in [5.74, 6) is 2.37. The smallest absolute Gasteiger partial charge is 0.238 e. The van der Waals surface area contributed by atoms with Gasteiger partial charge in [-0.15, -0.1) is 0 Å². The average molecular weight is 278 g/mol. The van der Waals surface area contributed by atoms with Crippen LogP contribution in [0, 0.1) is 20.8 Å². The summed E-state index contributed by atoms with van der Waals surface area (Å²) >= 11 is 1.96. The number of anilines is 1. The van der Waals surface area contributed by atoms with Crippen molar-refractivity contribution >= 4 is 23.4 Å². The van der Waals surface area contributed by atoms with Crippen LogP contribution < -0.4 is 5.32 Å².